The zero-order chi connectivity index (χ0) is 13.8. The summed E-state index contributed by atoms with van der Waals surface area (Å²) in [5.74, 6) is 0.834. The van der Waals surface area contributed by atoms with Gasteiger partial charge in [-0.1, -0.05) is 6.07 Å². The second-order valence-corrected chi connectivity index (χ2v) is 5.03. The molecular weight excluding hydrogens is 250 g/mol. The van der Waals surface area contributed by atoms with Crippen molar-refractivity contribution in [3.63, 3.8) is 0 Å². The lowest BCUT2D eigenvalue weighted by Gasteiger charge is -2.38. The molecule has 0 amide bonds. The summed E-state index contributed by atoms with van der Waals surface area (Å²) in [5.41, 5.74) is 1.27. The average molecular weight is 269 g/mol. The van der Waals surface area contributed by atoms with Crippen LogP contribution in [0.25, 0.3) is 0 Å². The molecule has 2 aromatic heterocycles. The molecule has 0 unspecified atom stereocenters. The Hall–Kier alpha value is -2.01. The molecule has 3 rings (SSSR count). The predicted molar refractivity (Wildman–Crippen MR) is 78.5 cm³/mol. The zero-order valence-corrected chi connectivity index (χ0v) is 11.7. The van der Waals surface area contributed by atoms with E-state index in [0.717, 1.165) is 32.1 Å². The highest BCUT2D eigenvalue weighted by atomic mass is 15.3. The second kappa shape index (κ2) is 5.96. The highest BCUT2D eigenvalue weighted by Gasteiger charge is 2.23. The van der Waals surface area contributed by atoms with Crippen molar-refractivity contribution in [2.45, 2.75) is 13.0 Å². The minimum absolute atomic E-state index is 0.405. The molecule has 0 bridgehead atoms. The number of anilines is 1. The van der Waals surface area contributed by atoms with Crippen LogP contribution in [-0.2, 0) is 0 Å². The molecule has 0 spiro atoms. The van der Waals surface area contributed by atoms with Gasteiger partial charge in [0.25, 0.3) is 0 Å². The van der Waals surface area contributed by atoms with Crippen LogP contribution in [0.5, 0.6) is 0 Å². The Morgan fingerprint density at radius 3 is 2.40 bits per heavy atom. The summed E-state index contributed by atoms with van der Waals surface area (Å²) in [5, 5.41) is 0. The average Bonchev–Trinajstić information content (AvgIpc) is 2.56. The smallest absolute Gasteiger partial charge is 0.225 e. The van der Waals surface area contributed by atoms with Crippen LogP contribution in [0.4, 0.5) is 5.95 Å². The van der Waals surface area contributed by atoms with Gasteiger partial charge in [-0.3, -0.25) is 9.88 Å². The molecule has 0 radical (unpaired) electrons. The number of hydrogen-bond acceptors (Lipinski definition) is 5. The molecule has 1 fully saturated rings. The highest BCUT2D eigenvalue weighted by Crippen LogP contribution is 2.21. The van der Waals surface area contributed by atoms with Crippen molar-refractivity contribution in [3.8, 4) is 0 Å². The van der Waals surface area contributed by atoms with Crippen LogP contribution < -0.4 is 4.90 Å². The molecule has 5 nitrogen and oxygen atoms in total. The second-order valence-electron chi connectivity index (χ2n) is 5.03. The minimum atomic E-state index is 0.405. The third kappa shape index (κ3) is 2.77. The Kier molecular flexibility index (Phi) is 3.87. The molecule has 1 aliphatic heterocycles. The van der Waals surface area contributed by atoms with Gasteiger partial charge >= 0.3 is 0 Å². The lowest BCUT2D eigenvalue weighted by Crippen LogP contribution is -2.47. The first-order chi connectivity index (χ1) is 9.84. The van der Waals surface area contributed by atoms with E-state index in [4.69, 9.17) is 0 Å². The number of nitrogens with zero attached hydrogens (tertiary/aromatic N) is 5. The van der Waals surface area contributed by atoms with E-state index >= 15 is 0 Å². The molecule has 0 aliphatic carbocycles. The van der Waals surface area contributed by atoms with Crippen molar-refractivity contribution in [1.29, 1.82) is 0 Å². The van der Waals surface area contributed by atoms with Gasteiger partial charge in [-0.15, -0.1) is 0 Å². The van der Waals surface area contributed by atoms with Gasteiger partial charge in [0.2, 0.25) is 5.95 Å². The van der Waals surface area contributed by atoms with Crippen molar-refractivity contribution < 1.29 is 0 Å². The Balaban J connectivity index is 1.61. The predicted octanol–water partition coefficient (Wildman–Crippen LogP) is 1.75. The topological polar surface area (TPSA) is 45.2 Å². The maximum absolute atomic E-state index is 4.32. The minimum Gasteiger partial charge on any atom is -0.338 e. The van der Waals surface area contributed by atoms with Gasteiger partial charge in [0.1, 0.15) is 0 Å². The van der Waals surface area contributed by atoms with Crippen LogP contribution in [0, 0.1) is 0 Å². The van der Waals surface area contributed by atoms with Crippen LogP contribution in [-0.4, -0.2) is 46.0 Å². The highest BCUT2D eigenvalue weighted by molar-refractivity contribution is 5.29. The van der Waals surface area contributed by atoms with Gasteiger partial charge in [0.15, 0.2) is 0 Å². The summed E-state index contributed by atoms with van der Waals surface area (Å²) < 4.78 is 0. The van der Waals surface area contributed by atoms with E-state index in [2.05, 4.69) is 37.7 Å². The number of pyridine rings is 1. The van der Waals surface area contributed by atoms with Gasteiger partial charge in [-0.25, -0.2) is 9.97 Å². The van der Waals surface area contributed by atoms with Crippen molar-refractivity contribution in [1.82, 2.24) is 19.9 Å². The molecule has 2 aromatic rings. The molecule has 0 N–H and O–H groups in total. The Morgan fingerprint density at radius 2 is 1.75 bits per heavy atom. The number of rotatable bonds is 3. The maximum Gasteiger partial charge on any atom is 0.225 e. The van der Waals surface area contributed by atoms with Crippen LogP contribution in [0.2, 0.25) is 0 Å². The number of aromatic nitrogens is 3. The third-order valence-corrected chi connectivity index (χ3v) is 3.86. The third-order valence-electron chi connectivity index (χ3n) is 3.86. The van der Waals surface area contributed by atoms with Crippen LogP contribution in [0.3, 0.4) is 0 Å². The Bertz CT molecular complexity index is 522. The standard InChI is InChI=1S/C15H19N5/c1-13(14-4-2-5-16-12-14)19-8-10-20(11-9-19)15-17-6-3-7-18-15/h2-7,12-13H,8-11H2,1H3/t13-/m0/s1. The summed E-state index contributed by atoms with van der Waals surface area (Å²) in [6, 6.07) is 6.40. The normalized spacial score (nSPS) is 17.9. The monoisotopic (exact) mass is 269 g/mol. The molecule has 5 heteroatoms. The van der Waals surface area contributed by atoms with Crippen LogP contribution in [0.1, 0.15) is 18.5 Å². The van der Waals surface area contributed by atoms with Crippen molar-refractivity contribution in [2.24, 2.45) is 0 Å². The van der Waals surface area contributed by atoms with Crippen molar-refractivity contribution in [3.05, 3.63) is 48.5 Å². The summed E-state index contributed by atoms with van der Waals surface area (Å²) in [6.45, 7) is 6.22. The summed E-state index contributed by atoms with van der Waals surface area (Å²) in [7, 11) is 0. The summed E-state index contributed by atoms with van der Waals surface area (Å²) in [4.78, 5) is 17.6. The van der Waals surface area contributed by atoms with E-state index in [-0.39, 0.29) is 0 Å². The first kappa shape index (κ1) is 13.0. The van der Waals surface area contributed by atoms with Gasteiger partial charge in [-0.2, -0.15) is 0 Å². The summed E-state index contributed by atoms with van der Waals surface area (Å²) >= 11 is 0. The van der Waals surface area contributed by atoms with E-state index in [1.807, 2.05) is 24.5 Å². The maximum atomic E-state index is 4.32. The Morgan fingerprint density at radius 1 is 1.00 bits per heavy atom. The number of hydrogen-bond donors (Lipinski definition) is 0. The fourth-order valence-electron chi connectivity index (χ4n) is 2.60. The van der Waals surface area contributed by atoms with Crippen LogP contribution in [0.15, 0.2) is 43.0 Å². The quantitative estimate of drug-likeness (QED) is 0.849. The van der Waals surface area contributed by atoms with E-state index in [1.165, 1.54) is 5.56 Å². The molecule has 1 aliphatic rings. The molecule has 20 heavy (non-hydrogen) atoms. The van der Waals surface area contributed by atoms with Gasteiger partial charge in [-0.05, 0) is 24.6 Å². The lowest BCUT2D eigenvalue weighted by molar-refractivity contribution is 0.197. The largest absolute Gasteiger partial charge is 0.338 e. The fourth-order valence-corrected chi connectivity index (χ4v) is 2.60. The molecule has 1 atom stereocenters. The van der Waals surface area contributed by atoms with Crippen molar-refractivity contribution >= 4 is 5.95 Å². The van der Waals surface area contributed by atoms with Gasteiger partial charge in [0.05, 0.1) is 0 Å². The molecular formula is C15H19N5. The molecule has 0 aromatic carbocycles. The molecule has 104 valence electrons. The molecule has 3 heterocycles. The van der Waals surface area contributed by atoms with Crippen molar-refractivity contribution in [2.75, 3.05) is 31.1 Å². The fraction of sp³-hybridized carbons (Fsp3) is 0.400. The van der Waals surface area contributed by atoms with E-state index in [9.17, 15) is 0 Å². The van der Waals surface area contributed by atoms with Crippen LogP contribution >= 0.6 is 0 Å². The lowest BCUT2D eigenvalue weighted by atomic mass is 10.1. The first-order valence-electron chi connectivity index (χ1n) is 7.00. The SMILES string of the molecule is C[C@@H](c1cccnc1)N1CCN(c2ncccn2)CC1. The number of piperazine rings is 1. The molecule has 0 saturated carbocycles. The van der Waals surface area contributed by atoms with Gasteiger partial charge in [0, 0.05) is 57.0 Å². The summed E-state index contributed by atoms with van der Waals surface area (Å²) in [6.07, 6.45) is 7.37. The van der Waals surface area contributed by atoms with E-state index in [0.29, 0.717) is 6.04 Å². The zero-order valence-electron chi connectivity index (χ0n) is 11.7. The first-order valence-corrected chi connectivity index (χ1v) is 7.00. The Labute approximate surface area is 119 Å². The molecule has 1 saturated heterocycles. The van der Waals surface area contributed by atoms with Gasteiger partial charge < -0.3 is 4.90 Å². The van der Waals surface area contributed by atoms with E-state index < -0.39 is 0 Å². The van der Waals surface area contributed by atoms with E-state index in [1.54, 1.807) is 12.4 Å².